The van der Waals surface area contributed by atoms with Gasteiger partial charge in [-0.15, -0.1) is 0 Å². The summed E-state index contributed by atoms with van der Waals surface area (Å²) in [5.74, 6) is 2.41. The summed E-state index contributed by atoms with van der Waals surface area (Å²) in [6.07, 6.45) is 2.97. The first-order chi connectivity index (χ1) is 15.6. The van der Waals surface area contributed by atoms with Gasteiger partial charge in [0.15, 0.2) is 0 Å². The van der Waals surface area contributed by atoms with Gasteiger partial charge in [0.2, 0.25) is 0 Å². The molecule has 0 spiro atoms. The van der Waals surface area contributed by atoms with Gasteiger partial charge in [0.05, 0.1) is 25.9 Å². The van der Waals surface area contributed by atoms with Crippen molar-refractivity contribution in [2.24, 2.45) is 11.8 Å². The molecule has 2 saturated heterocycles. The monoisotopic (exact) mass is 452 g/mol. The largest absolute Gasteiger partial charge is 0.493 e. The number of hydrogen-bond donors (Lipinski definition) is 3. The molecule has 1 aliphatic carbocycles. The smallest absolute Gasteiger partial charge is 0.290 e. The summed E-state index contributed by atoms with van der Waals surface area (Å²) in [5.41, 5.74) is 1.29. The van der Waals surface area contributed by atoms with Gasteiger partial charge in [0.25, 0.3) is 12.9 Å². The van der Waals surface area contributed by atoms with E-state index >= 15 is 0 Å². The molecule has 0 aromatic heterocycles. The Labute approximate surface area is 189 Å². The van der Waals surface area contributed by atoms with E-state index in [-0.39, 0.29) is 19.0 Å². The zero-order valence-corrected chi connectivity index (χ0v) is 18.6. The van der Waals surface area contributed by atoms with E-state index < -0.39 is 0 Å². The van der Waals surface area contributed by atoms with Crippen LogP contribution >= 0.6 is 0 Å². The summed E-state index contributed by atoms with van der Waals surface area (Å²) in [7, 11) is 0. The minimum Gasteiger partial charge on any atom is -0.493 e. The number of benzene rings is 1. The first kappa shape index (κ1) is 26.1. The number of aliphatic hydroxyl groups is 1. The molecule has 1 saturated carbocycles. The van der Waals surface area contributed by atoms with Crippen LogP contribution in [0.2, 0.25) is 0 Å². The fourth-order valence-corrected chi connectivity index (χ4v) is 4.81. The maximum atomic E-state index is 9.82. The number of fused-ring (bicyclic) bond motifs is 1. The molecule has 3 N–H and O–H groups in total. The van der Waals surface area contributed by atoms with Gasteiger partial charge >= 0.3 is 0 Å². The Balaban J connectivity index is 0.000000547. The standard InChI is InChI=1S/C21H32N2O3.2CH2O2/c24-20-12-18-15-23(16-19(18)13-20)14-17-4-1-2-5-21(17)26-9-3-6-22-7-10-25-11-8-22;2*2-1-3/h1-2,4-5,18-20,24H,3,6-16H2;2*1H,(H,2,3)/t18-,19+,20?;;. The molecule has 9 nitrogen and oxygen atoms in total. The van der Waals surface area contributed by atoms with Crippen LogP contribution < -0.4 is 4.74 Å². The van der Waals surface area contributed by atoms with Crippen LogP contribution in [0.1, 0.15) is 24.8 Å². The second-order valence-corrected chi connectivity index (χ2v) is 8.31. The molecule has 0 amide bonds. The van der Waals surface area contributed by atoms with Crippen LogP contribution in [0.25, 0.3) is 0 Å². The number of morpholine rings is 1. The quantitative estimate of drug-likeness (QED) is 0.416. The van der Waals surface area contributed by atoms with Gasteiger partial charge in [-0.05, 0) is 37.2 Å². The molecule has 4 rings (SSSR count). The summed E-state index contributed by atoms with van der Waals surface area (Å²) in [5, 5.41) is 23.6. The third-order valence-electron chi connectivity index (χ3n) is 6.15. The van der Waals surface area contributed by atoms with Gasteiger partial charge in [0, 0.05) is 44.8 Å². The Hall–Kier alpha value is -2.20. The number of rotatable bonds is 7. The van der Waals surface area contributed by atoms with Crippen LogP contribution in [-0.4, -0.2) is 96.7 Å². The summed E-state index contributed by atoms with van der Waals surface area (Å²) < 4.78 is 11.5. The van der Waals surface area contributed by atoms with Gasteiger partial charge < -0.3 is 24.8 Å². The minimum absolute atomic E-state index is 0.0609. The van der Waals surface area contributed by atoms with E-state index in [1.165, 1.54) is 5.56 Å². The van der Waals surface area contributed by atoms with Crippen molar-refractivity contribution >= 4 is 12.9 Å². The molecule has 9 heteroatoms. The fourth-order valence-electron chi connectivity index (χ4n) is 4.81. The molecule has 1 unspecified atom stereocenters. The van der Waals surface area contributed by atoms with Gasteiger partial charge in [-0.2, -0.15) is 0 Å². The second-order valence-electron chi connectivity index (χ2n) is 8.31. The number of aliphatic hydroxyl groups excluding tert-OH is 1. The Bertz CT molecular complexity index is 649. The van der Waals surface area contributed by atoms with Crippen LogP contribution in [0.15, 0.2) is 24.3 Å². The number of nitrogens with zero attached hydrogens (tertiary/aromatic N) is 2. The zero-order chi connectivity index (χ0) is 23.2. The molecule has 1 aromatic rings. The van der Waals surface area contributed by atoms with Crippen LogP contribution in [-0.2, 0) is 20.9 Å². The lowest BCUT2D eigenvalue weighted by Gasteiger charge is -2.26. The average molecular weight is 453 g/mol. The molecule has 3 aliphatic rings. The van der Waals surface area contributed by atoms with Gasteiger partial charge in [-0.25, -0.2) is 0 Å². The summed E-state index contributed by atoms with van der Waals surface area (Å²) >= 11 is 0. The summed E-state index contributed by atoms with van der Waals surface area (Å²) in [6, 6.07) is 8.47. The molecular weight excluding hydrogens is 416 g/mol. The van der Waals surface area contributed by atoms with Crippen LogP contribution in [0.3, 0.4) is 0 Å². The van der Waals surface area contributed by atoms with E-state index in [4.69, 9.17) is 29.3 Å². The highest BCUT2D eigenvalue weighted by atomic mass is 16.5. The number of carbonyl (C=O) groups is 2. The first-order valence-electron chi connectivity index (χ1n) is 11.2. The van der Waals surface area contributed by atoms with E-state index in [9.17, 15) is 5.11 Å². The van der Waals surface area contributed by atoms with E-state index in [0.29, 0.717) is 11.8 Å². The topological polar surface area (TPSA) is 120 Å². The lowest BCUT2D eigenvalue weighted by molar-refractivity contribution is -0.123. The predicted molar refractivity (Wildman–Crippen MR) is 119 cm³/mol. The van der Waals surface area contributed by atoms with E-state index in [0.717, 1.165) is 84.1 Å². The molecule has 3 fully saturated rings. The van der Waals surface area contributed by atoms with E-state index in [1.807, 2.05) is 0 Å². The first-order valence-corrected chi connectivity index (χ1v) is 11.2. The highest BCUT2D eigenvalue weighted by molar-refractivity contribution is 5.33. The molecule has 3 atom stereocenters. The average Bonchev–Trinajstić information content (AvgIpc) is 3.31. The minimum atomic E-state index is -0.250. The van der Waals surface area contributed by atoms with Gasteiger partial charge in [0.1, 0.15) is 5.75 Å². The van der Waals surface area contributed by atoms with Gasteiger partial charge in [-0.3, -0.25) is 19.4 Å². The Morgan fingerprint density at radius 3 is 2.22 bits per heavy atom. The SMILES string of the molecule is O=CO.O=CO.OC1C[C@@H]2CN(Cc3ccccc3OCCCN3CCOCC3)C[C@@H]2C1. The van der Waals surface area contributed by atoms with Crippen LogP contribution in [0.4, 0.5) is 0 Å². The Morgan fingerprint density at radius 2 is 1.59 bits per heavy atom. The van der Waals surface area contributed by atoms with Gasteiger partial charge in [-0.1, -0.05) is 18.2 Å². The predicted octanol–water partition coefficient (Wildman–Crippen LogP) is 1.39. The van der Waals surface area contributed by atoms with Crippen molar-refractivity contribution in [1.29, 1.82) is 0 Å². The van der Waals surface area contributed by atoms with Crippen molar-refractivity contribution in [3.8, 4) is 5.75 Å². The van der Waals surface area contributed by atoms with Crippen molar-refractivity contribution in [1.82, 2.24) is 9.80 Å². The van der Waals surface area contributed by atoms with Crippen molar-refractivity contribution in [2.75, 3.05) is 52.5 Å². The lowest BCUT2D eigenvalue weighted by Crippen LogP contribution is -2.37. The number of hydrogen-bond acceptors (Lipinski definition) is 7. The van der Waals surface area contributed by atoms with Crippen molar-refractivity contribution in [3.63, 3.8) is 0 Å². The van der Waals surface area contributed by atoms with E-state index in [1.54, 1.807) is 0 Å². The highest BCUT2D eigenvalue weighted by Crippen LogP contribution is 2.38. The number of ether oxygens (including phenoxy) is 2. The molecule has 32 heavy (non-hydrogen) atoms. The van der Waals surface area contributed by atoms with Crippen LogP contribution in [0.5, 0.6) is 5.75 Å². The molecular formula is C23H36N2O7. The maximum absolute atomic E-state index is 9.82. The third kappa shape index (κ3) is 8.74. The number of para-hydroxylation sites is 1. The molecule has 180 valence electrons. The summed E-state index contributed by atoms with van der Waals surface area (Å²) in [4.78, 5) is 21.7. The molecule has 2 heterocycles. The molecule has 0 bridgehead atoms. The Kier molecular flexibility index (Phi) is 12.0. The Morgan fingerprint density at radius 1 is 1.00 bits per heavy atom. The van der Waals surface area contributed by atoms with E-state index in [2.05, 4.69) is 34.1 Å². The number of carboxylic acid groups (broad SMARTS) is 2. The molecule has 0 radical (unpaired) electrons. The number of likely N-dealkylation sites (tertiary alicyclic amines) is 1. The van der Waals surface area contributed by atoms with Crippen molar-refractivity contribution in [3.05, 3.63) is 29.8 Å². The lowest BCUT2D eigenvalue weighted by atomic mass is 10.0. The summed E-state index contributed by atoms with van der Waals surface area (Å²) in [6.45, 7) is 8.36. The zero-order valence-electron chi connectivity index (χ0n) is 18.6. The molecule has 1 aromatic carbocycles. The maximum Gasteiger partial charge on any atom is 0.290 e. The third-order valence-corrected chi connectivity index (χ3v) is 6.15. The fraction of sp³-hybridized carbons (Fsp3) is 0.652. The normalized spacial score (nSPS) is 25.0. The van der Waals surface area contributed by atoms with Crippen molar-refractivity contribution < 1.29 is 34.4 Å². The van der Waals surface area contributed by atoms with Crippen LogP contribution in [0, 0.1) is 11.8 Å². The second kappa shape index (κ2) is 14.8. The van der Waals surface area contributed by atoms with Crippen molar-refractivity contribution in [2.45, 2.75) is 31.9 Å². The highest BCUT2D eigenvalue weighted by Gasteiger charge is 2.40. The molecule has 2 aliphatic heterocycles.